The van der Waals surface area contributed by atoms with Crippen molar-refractivity contribution in [3.63, 3.8) is 0 Å². The van der Waals surface area contributed by atoms with Crippen molar-refractivity contribution in [2.45, 2.75) is 0 Å². The van der Waals surface area contributed by atoms with E-state index >= 15 is 0 Å². The van der Waals surface area contributed by atoms with Crippen LogP contribution < -0.4 is 10.5 Å². The summed E-state index contributed by atoms with van der Waals surface area (Å²) in [4.78, 5) is 18.5. The Balaban J connectivity index is 2.83. The molecule has 0 aliphatic rings. The first-order chi connectivity index (χ1) is 7.19. The Hall–Kier alpha value is -1.92. The molecule has 6 nitrogen and oxygen atoms in total. The molecule has 0 unspecified atom stereocenters. The van der Waals surface area contributed by atoms with Gasteiger partial charge in [0.25, 0.3) is 0 Å². The van der Waals surface area contributed by atoms with Crippen molar-refractivity contribution < 1.29 is 18.7 Å². The SMILES string of the molecule is COC(=O)c1ncc(OCCF)nc1N. The molecule has 2 N–H and O–H groups in total. The van der Waals surface area contributed by atoms with Gasteiger partial charge in [0.1, 0.15) is 13.3 Å². The molecule has 0 radical (unpaired) electrons. The number of hydrogen-bond acceptors (Lipinski definition) is 6. The fourth-order valence-corrected chi connectivity index (χ4v) is 0.853. The summed E-state index contributed by atoms with van der Waals surface area (Å²) in [5.74, 6) is -0.729. The van der Waals surface area contributed by atoms with Crippen LogP contribution in [0.3, 0.4) is 0 Å². The first-order valence-corrected chi connectivity index (χ1v) is 4.08. The van der Waals surface area contributed by atoms with Gasteiger partial charge in [0.2, 0.25) is 5.88 Å². The summed E-state index contributed by atoms with van der Waals surface area (Å²) < 4.78 is 21.0. The van der Waals surface area contributed by atoms with Gasteiger partial charge in [0.05, 0.1) is 13.3 Å². The average molecular weight is 215 g/mol. The number of ether oxygens (including phenoxy) is 2. The van der Waals surface area contributed by atoms with Crippen molar-refractivity contribution in [1.82, 2.24) is 9.97 Å². The molecule has 1 aromatic heterocycles. The highest BCUT2D eigenvalue weighted by Gasteiger charge is 2.13. The maximum atomic E-state index is 11.8. The molecule has 1 rings (SSSR count). The Morgan fingerprint density at radius 3 is 2.93 bits per heavy atom. The number of nitrogens with zero attached hydrogens (tertiary/aromatic N) is 2. The smallest absolute Gasteiger partial charge is 0.360 e. The molecule has 15 heavy (non-hydrogen) atoms. The zero-order valence-corrected chi connectivity index (χ0v) is 8.07. The van der Waals surface area contributed by atoms with Gasteiger partial charge in [-0.3, -0.25) is 0 Å². The van der Waals surface area contributed by atoms with Crippen molar-refractivity contribution in [2.24, 2.45) is 0 Å². The van der Waals surface area contributed by atoms with Crippen molar-refractivity contribution in [2.75, 3.05) is 26.1 Å². The highest BCUT2D eigenvalue weighted by Crippen LogP contribution is 2.12. The topological polar surface area (TPSA) is 87.3 Å². The molecule has 0 aromatic carbocycles. The first kappa shape index (κ1) is 11.2. The number of alkyl halides is 1. The van der Waals surface area contributed by atoms with E-state index in [0.717, 1.165) is 0 Å². The molecule has 0 saturated carbocycles. The lowest BCUT2D eigenvalue weighted by atomic mass is 10.4. The third kappa shape index (κ3) is 2.76. The fraction of sp³-hybridized carbons (Fsp3) is 0.375. The van der Waals surface area contributed by atoms with Crippen LogP contribution >= 0.6 is 0 Å². The van der Waals surface area contributed by atoms with Crippen LogP contribution in [-0.2, 0) is 4.74 Å². The number of methoxy groups -OCH3 is 1. The largest absolute Gasteiger partial charge is 0.474 e. The standard InChI is InChI=1S/C8H10FN3O3/c1-14-8(13)6-7(10)12-5(4-11-6)15-3-2-9/h4H,2-3H2,1H3,(H2,10,12). The van der Waals surface area contributed by atoms with E-state index in [1.807, 2.05) is 0 Å². The van der Waals surface area contributed by atoms with Crippen LogP contribution in [0, 0.1) is 0 Å². The van der Waals surface area contributed by atoms with E-state index in [-0.39, 0.29) is 24.0 Å². The molecule has 0 aliphatic carbocycles. The molecule has 1 heterocycles. The molecule has 0 atom stereocenters. The maximum Gasteiger partial charge on any atom is 0.360 e. The van der Waals surface area contributed by atoms with Crippen LogP contribution in [0.4, 0.5) is 10.2 Å². The molecule has 1 aromatic rings. The fourth-order valence-electron chi connectivity index (χ4n) is 0.853. The first-order valence-electron chi connectivity index (χ1n) is 4.08. The Labute approximate surface area is 85.2 Å². The van der Waals surface area contributed by atoms with Gasteiger partial charge >= 0.3 is 5.97 Å². The second-order valence-electron chi connectivity index (χ2n) is 2.47. The number of carbonyl (C=O) groups excluding carboxylic acids is 1. The Morgan fingerprint density at radius 2 is 2.40 bits per heavy atom. The second kappa shape index (κ2) is 5.08. The van der Waals surface area contributed by atoms with Gasteiger partial charge in [-0.2, -0.15) is 4.98 Å². The van der Waals surface area contributed by atoms with E-state index in [0.29, 0.717) is 0 Å². The number of rotatable bonds is 4. The zero-order valence-electron chi connectivity index (χ0n) is 8.07. The molecule has 0 aliphatic heterocycles. The number of hydrogen-bond donors (Lipinski definition) is 1. The van der Waals surface area contributed by atoms with E-state index in [2.05, 4.69) is 14.7 Å². The number of anilines is 1. The van der Waals surface area contributed by atoms with Gasteiger partial charge < -0.3 is 15.2 Å². The Bertz CT molecular complexity index is 359. The third-order valence-corrected chi connectivity index (χ3v) is 1.48. The quantitative estimate of drug-likeness (QED) is 0.721. The van der Waals surface area contributed by atoms with E-state index in [1.165, 1.54) is 13.3 Å². The van der Waals surface area contributed by atoms with Crippen LogP contribution in [0.2, 0.25) is 0 Å². The van der Waals surface area contributed by atoms with Crippen molar-refractivity contribution >= 4 is 11.8 Å². The van der Waals surface area contributed by atoms with Crippen LogP contribution in [0.25, 0.3) is 0 Å². The van der Waals surface area contributed by atoms with Gasteiger partial charge in [0, 0.05) is 0 Å². The monoisotopic (exact) mass is 215 g/mol. The van der Waals surface area contributed by atoms with E-state index in [1.54, 1.807) is 0 Å². The van der Waals surface area contributed by atoms with Gasteiger partial charge in [-0.15, -0.1) is 0 Å². The van der Waals surface area contributed by atoms with Crippen LogP contribution in [-0.4, -0.2) is 36.3 Å². The number of halogens is 1. The minimum Gasteiger partial charge on any atom is -0.474 e. The summed E-state index contributed by atoms with van der Waals surface area (Å²) >= 11 is 0. The molecule has 0 saturated heterocycles. The number of esters is 1. The highest BCUT2D eigenvalue weighted by atomic mass is 19.1. The van der Waals surface area contributed by atoms with E-state index in [4.69, 9.17) is 10.5 Å². The van der Waals surface area contributed by atoms with Crippen LogP contribution in [0.1, 0.15) is 10.5 Å². The van der Waals surface area contributed by atoms with Crippen LogP contribution in [0.15, 0.2) is 6.20 Å². The van der Waals surface area contributed by atoms with Crippen LogP contribution in [0.5, 0.6) is 5.88 Å². The molecular weight excluding hydrogens is 205 g/mol. The number of nitrogens with two attached hydrogens (primary N) is 1. The Kier molecular flexibility index (Phi) is 3.78. The summed E-state index contributed by atoms with van der Waals surface area (Å²) in [6, 6.07) is 0. The lowest BCUT2D eigenvalue weighted by molar-refractivity contribution is 0.0594. The zero-order chi connectivity index (χ0) is 11.3. The van der Waals surface area contributed by atoms with Crippen molar-refractivity contribution in [3.8, 4) is 5.88 Å². The molecule has 0 amide bonds. The normalized spacial score (nSPS) is 9.73. The van der Waals surface area contributed by atoms with E-state index in [9.17, 15) is 9.18 Å². The molecular formula is C8H10FN3O3. The van der Waals surface area contributed by atoms with Gasteiger partial charge in [-0.1, -0.05) is 0 Å². The molecule has 0 spiro atoms. The predicted octanol–water partition coefficient (Wildman–Crippen LogP) is 0.194. The average Bonchev–Trinajstić information content (AvgIpc) is 2.25. The number of nitrogen functional groups attached to an aromatic ring is 1. The van der Waals surface area contributed by atoms with Crippen molar-refractivity contribution in [1.29, 1.82) is 0 Å². The lowest BCUT2D eigenvalue weighted by Gasteiger charge is -2.05. The number of aromatic nitrogens is 2. The molecule has 7 heteroatoms. The Morgan fingerprint density at radius 1 is 1.67 bits per heavy atom. The van der Waals surface area contributed by atoms with Gasteiger partial charge in [-0.25, -0.2) is 14.2 Å². The van der Waals surface area contributed by atoms with Gasteiger partial charge in [0.15, 0.2) is 11.5 Å². The third-order valence-electron chi connectivity index (χ3n) is 1.48. The van der Waals surface area contributed by atoms with E-state index < -0.39 is 12.6 Å². The number of carbonyl (C=O) groups is 1. The van der Waals surface area contributed by atoms with Crippen molar-refractivity contribution in [3.05, 3.63) is 11.9 Å². The summed E-state index contributed by atoms with van der Waals surface area (Å²) in [5.41, 5.74) is 5.33. The minimum absolute atomic E-state index is 0.0674. The highest BCUT2D eigenvalue weighted by molar-refractivity contribution is 5.91. The lowest BCUT2D eigenvalue weighted by Crippen LogP contribution is -2.11. The predicted molar refractivity (Wildman–Crippen MR) is 49.3 cm³/mol. The summed E-state index contributed by atoms with van der Waals surface area (Å²) in [6.07, 6.45) is 1.18. The molecule has 0 fully saturated rings. The molecule has 82 valence electrons. The summed E-state index contributed by atoms with van der Waals surface area (Å²) in [7, 11) is 1.21. The summed E-state index contributed by atoms with van der Waals surface area (Å²) in [5, 5.41) is 0. The second-order valence-corrected chi connectivity index (χ2v) is 2.47. The maximum absolute atomic E-state index is 11.8. The summed E-state index contributed by atoms with van der Waals surface area (Å²) in [6.45, 7) is -0.772. The molecule has 0 bridgehead atoms. The minimum atomic E-state index is -0.683. The van der Waals surface area contributed by atoms with Gasteiger partial charge in [-0.05, 0) is 0 Å².